The molecule has 5 heteroatoms. The zero-order valence-electron chi connectivity index (χ0n) is 12.1. The van der Waals surface area contributed by atoms with Crippen LogP contribution in [0.4, 0.5) is 4.79 Å². The molecule has 0 aliphatic heterocycles. The highest BCUT2D eigenvalue weighted by Gasteiger charge is 2.11. The van der Waals surface area contributed by atoms with Crippen molar-refractivity contribution in [3.63, 3.8) is 0 Å². The molecule has 0 radical (unpaired) electrons. The van der Waals surface area contributed by atoms with Gasteiger partial charge in [-0.3, -0.25) is 4.79 Å². The van der Waals surface area contributed by atoms with Crippen LogP contribution < -0.4 is 10.6 Å². The topological polar surface area (TPSA) is 78.4 Å². The van der Waals surface area contributed by atoms with E-state index in [0.717, 1.165) is 11.1 Å². The lowest BCUT2D eigenvalue weighted by Gasteiger charge is -2.18. The highest BCUT2D eigenvalue weighted by molar-refractivity contribution is 5.74. The summed E-state index contributed by atoms with van der Waals surface area (Å²) < 4.78 is 0. The first-order valence-corrected chi connectivity index (χ1v) is 6.73. The minimum Gasteiger partial charge on any atom is -0.481 e. The van der Waals surface area contributed by atoms with Gasteiger partial charge < -0.3 is 15.7 Å². The van der Waals surface area contributed by atoms with E-state index in [2.05, 4.69) is 10.6 Å². The molecule has 1 rings (SSSR count). The van der Waals surface area contributed by atoms with Crippen LogP contribution >= 0.6 is 0 Å². The smallest absolute Gasteiger partial charge is 0.315 e. The van der Waals surface area contributed by atoms with Gasteiger partial charge in [0.15, 0.2) is 0 Å². The molecule has 1 atom stereocenters. The van der Waals surface area contributed by atoms with Crippen molar-refractivity contribution < 1.29 is 14.7 Å². The van der Waals surface area contributed by atoms with Crippen LogP contribution in [-0.2, 0) is 17.8 Å². The molecule has 1 unspecified atom stereocenters. The first kappa shape index (κ1) is 16.0. The Hall–Kier alpha value is -2.04. The van der Waals surface area contributed by atoms with E-state index in [1.807, 2.05) is 32.9 Å². The predicted octanol–water partition coefficient (Wildman–Crippen LogP) is 2.16. The van der Waals surface area contributed by atoms with Gasteiger partial charge in [0.1, 0.15) is 0 Å². The molecule has 20 heavy (non-hydrogen) atoms. The van der Waals surface area contributed by atoms with Crippen LogP contribution in [-0.4, -0.2) is 23.1 Å². The number of urea groups is 1. The Morgan fingerprint density at radius 2 is 1.75 bits per heavy atom. The van der Waals surface area contributed by atoms with E-state index in [1.165, 1.54) is 0 Å². The number of benzene rings is 1. The molecule has 0 bridgehead atoms. The standard InChI is InChI=1S/C15H22N2O3/c1-10(2)11(3)17-15(20)16-9-13-7-5-4-6-12(13)8-14(18)19/h4-7,10-11H,8-9H2,1-3H3,(H,18,19)(H2,16,17,20). The van der Waals surface area contributed by atoms with Crippen molar-refractivity contribution in [2.24, 2.45) is 5.92 Å². The normalized spacial score (nSPS) is 12.0. The summed E-state index contributed by atoms with van der Waals surface area (Å²) in [6, 6.07) is 7.06. The number of aliphatic carboxylic acids is 1. The van der Waals surface area contributed by atoms with Gasteiger partial charge in [0.25, 0.3) is 0 Å². The van der Waals surface area contributed by atoms with Gasteiger partial charge >= 0.3 is 12.0 Å². The van der Waals surface area contributed by atoms with Gasteiger partial charge in [0, 0.05) is 12.6 Å². The molecule has 1 aromatic rings. The van der Waals surface area contributed by atoms with Crippen LogP contribution in [0.5, 0.6) is 0 Å². The third kappa shape index (κ3) is 5.30. The fourth-order valence-electron chi connectivity index (χ4n) is 1.67. The Labute approximate surface area is 119 Å². The zero-order valence-corrected chi connectivity index (χ0v) is 12.1. The largest absolute Gasteiger partial charge is 0.481 e. The highest BCUT2D eigenvalue weighted by Crippen LogP contribution is 2.09. The quantitative estimate of drug-likeness (QED) is 0.746. The maximum absolute atomic E-state index is 11.7. The van der Waals surface area contributed by atoms with Crippen LogP contribution in [0.2, 0.25) is 0 Å². The van der Waals surface area contributed by atoms with Crippen LogP contribution in [0.3, 0.4) is 0 Å². The summed E-state index contributed by atoms with van der Waals surface area (Å²) >= 11 is 0. The monoisotopic (exact) mass is 278 g/mol. The third-order valence-corrected chi connectivity index (χ3v) is 3.26. The zero-order chi connectivity index (χ0) is 15.1. The van der Waals surface area contributed by atoms with Gasteiger partial charge in [0.2, 0.25) is 0 Å². The van der Waals surface area contributed by atoms with Gasteiger partial charge in [-0.15, -0.1) is 0 Å². The average Bonchev–Trinajstić information content (AvgIpc) is 2.36. The van der Waals surface area contributed by atoms with Crippen molar-refractivity contribution >= 4 is 12.0 Å². The molecule has 0 aliphatic rings. The van der Waals surface area contributed by atoms with Gasteiger partial charge in [0.05, 0.1) is 6.42 Å². The van der Waals surface area contributed by atoms with E-state index in [-0.39, 0.29) is 18.5 Å². The van der Waals surface area contributed by atoms with Crippen molar-refractivity contribution in [1.82, 2.24) is 10.6 Å². The summed E-state index contributed by atoms with van der Waals surface area (Å²) in [4.78, 5) is 22.5. The first-order chi connectivity index (χ1) is 9.40. The van der Waals surface area contributed by atoms with Crippen LogP contribution in [0.25, 0.3) is 0 Å². The van der Waals surface area contributed by atoms with Crippen LogP contribution in [0, 0.1) is 5.92 Å². The molecule has 0 saturated heterocycles. The van der Waals surface area contributed by atoms with Crippen LogP contribution in [0.15, 0.2) is 24.3 Å². The van der Waals surface area contributed by atoms with E-state index in [9.17, 15) is 9.59 Å². The second-order valence-electron chi connectivity index (χ2n) is 5.20. The molecule has 0 fully saturated rings. The lowest BCUT2D eigenvalue weighted by Crippen LogP contribution is -2.42. The molecule has 2 amide bonds. The number of carboxylic acids is 1. The Balaban J connectivity index is 2.57. The molecule has 1 aromatic carbocycles. The van der Waals surface area contributed by atoms with E-state index < -0.39 is 5.97 Å². The number of carbonyl (C=O) groups excluding carboxylic acids is 1. The second-order valence-corrected chi connectivity index (χ2v) is 5.20. The Bertz CT molecular complexity index is 472. The number of hydrogen-bond donors (Lipinski definition) is 3. The van der Waals surface area contributed by atoms with Crippen LogP contribution in [0.1, 0.15) is 31.9 Å². The average molecular weight is 278 g/mol. The van der Waals surface area contributed by atoms with E-state index in [0.29, 0.717) is 12.5 Å². The number of carboxylic acid groups (broad SMARTS) is 1. The number of amides is 2. The molecule has 110 valence electrons. The number of hydrogen-bond acceptors (Lipinski definition) is 2. The minimum atomic E-state index is -0.879. The third-order valence-electron chi connectivity index (χ3n) is 3.26. The number of carbonyl (C=O) groups is 2. The van der Waals surface area contributed by atoms with Crippen molar-refractivity contribution in [2.75, 3.05) is 0 Å². The van der Waals surface area contributed by atoms with Crippen molar-refractivity contribution in [1.29, 1.82) is 0 Å². The molecule has 5 nitrogen and oxygen atoms in total. The minimum absolute atomic E-state index is 0.0398. The lowest BCUT2D eigenvalue weighted by molar-refractivity contribution is -0.136. The molecule has 0 aliphatic carbocycles. The van der Waals surface area contributed by atoms with Gasteiger partial charge in [-0.25, -0.2) is 4.79 Å². The Morgan fingerprint density at radius 1 is 1.15 bits per heavy atom. The highest BCUT2D eigenvalue weighted by atomic mass is 16.4. The van der Waals surface area contributed by atoms with E-state index in [4.69, 9.17) is 5.11 Å². The van der Waals surface area contributed by atoms with Gasteiger partial charge in [-0.2, -0.15) is 0 Å². The predicted molar refractivity (Wildman–Crippen MR) is 77.5 cm³/mol. The molecule has 0 saturated carbocycles. The lowest BCUT2D eigenvalue weighted by atomic mass is 10.0. The van der Waals surface area contributed by atoms with E-state index in [1.54, 1.807) is 12.1 Å². The second kappa shape index (κ2) is 7.53. The summed E-state index contributed by atoms with van der Waals surface area (Å²) in [6.07, 6.45) is -0.0398. The number of rotatable bonds is 6. The summed E-state index contributed by atoms with van der Waals surface area (Å²) in [5.41, 5.74) is 1.54. The molecule has 0 spiro atoms. The summed E-state index contributed by atoms with van der Waals surface area (Å²) in [6.45, 7) is 6.34. The fraction of sp³-hybridized carbons (Fsp3) is 0.467. The Kier molecular flexibility index (Phi) is 6.03. The van der Waals surface area contributed by atoms with Gasteiger partial charge in [-0.05, 0) is 24.0 Å². The summed E-state index contributed by atoms with van der Waals surface area (Å²) in [5, 5.41) is 14.4. The molecule has 0 heterocycles. The molecular weight excluding hydrogens is 256 g/mol. The molecular formula is C15H22N2O3. The molecule has 0 aromatic heterocycles. The van der Waals surface area contributed by atoms with Crippen molar-refractivity contribution in [3.8, 4) is 0 Å². The maximum atomic E-state index is 11.7. The van der Waals surface area contributed by atoms with E-state index >= 15 is 0 Å². The first-order valence-electron chi connectivity index (χ1n) is 6.73. The summed E-state index contributed by atoms with van der Waals surface area (Å²) in [7, 11) is 0. The maximum Gasteiger partial charge on any atom is 0.315 e. The molecule has 3 N–H and O–H groups in total. The SMILES string of the molecule is CC(C)C(C)NC(=O)NCc1ccccc1CC(=O)O. The van der Waals surface area contributed by atoms with Crippen molar-refractivity contribution in [3.05, 3.63) is 35.4 Å². The Morgan fingerprint density at radius 3 is 2.30 bits per heavy atom. The van der Waals surface area contributed by atoms with Crippen molar-refractivity contribution in [2.45, 2.75) is 39.8 Å². The van der Waals surface area contributed by atoms with Gasteiger partial charge in [-0.1, -0.05) is 38.1 Å². The summed E-state index contributed by atoms with van der Waals surface area (Å²) in [5.74, 6) is -0.518. The fourth-order valence-corrected chi connectivity index (χ4v) is 1.67. The number of nitrogens with one attached hydrogen (secondary N) is 2.